The van der Waals surface area contributed by atoms with Gasteiger partial charge in [-0.25, -0.2) is 4.98 Å². The maximum absolute atomic E-state index is 12.7. The van der Waals surface area contributed by atoms with Gasteiger partial charge in [-0.05, 0) is 6.42 Å². The number of hydrogen-bond acceptors (Lipinski definition) is 3. The van der Waals surface area contributed by atoms with E-state index in [1.54, 1.807) is 0 Å². The van der Waals surface area contributed by atoms with Crippen molar-refractivity contribution in [2.75, 3.05) is 26.7 Å². The summed E-state index contributed by atoms with van der Waals surface area (Å²) in [5.74, 6) is 0.468. The van der Waals surface area contributed by atoms with E-state index >= 15 is 0 Å². The van der Waals surface area contributed by atoms with E-state index in [2.05, 4.69) is 20.6 Å². The molecule has 25 heavy (non-hydrogen) atoms. The number of likely N-dealkylation sites (tertiary alicyclic amines) is 1. The Morgan fingerprint density at radius 2 is 2.16 bits per heavy atom. The minimum Gasteiger partial charge on any atom is -0.352 e. The average molecular weight is 482 g/mol. The zero-order valence-corrected chi connectivity index (χ0v) is 15.8. The quantitative estimate of drug-likeness (QED) is 0.293. The molecule has 1 fully saturated rings. The van der Waals surface area contributed by atoms with Crippen LogP contribution in [0.5, 0.6) is 0 Å². The molecule has 2 rings (SSSR count). The van der Waals surface area contributed by atoms with Crippen molar-refractivity contribution in [1.82, 2.24) is 25.1 Å². The summed E-state index contributed by atoms with van der Waals surface area (Å²) in [6.45, 7) is -3.03. The number of nitrogens with zero attached hydrogens (tertiary/aromatic N) is 4. The molecule has 1 saturated heterocycles. The molecule has 1 aliphatic heterocycles. The van der Waals surface area contributed by atoms with Gasteiger partial charge in [-0.1, -0.05) is 0 Å². The number of rotatable bonds is 5. The topological polar surface area (TPSA) is 57.5 Å². The minimum absolute atomic E-state index is 0. The van der Waals surface area contributed by atoms with E-state index in [1.165, 1.54) is 24.3 Å². The standard InChI is InChI=1S/C13H19F5N6.HI/c1-19-12(21-6-10-20-3-5-24(10)11(14)15)22-9-2-4-23(7-9)8-13(16,17)18;/h3,5,9,11H,2,4,6-8H2,1H3,(H2,19,21,22);1H. The van der Waals surface area contributed by atoms with Gasteiger partial charge in [-0.2, -0.15) is 22.0 Å². The predicted octanol–water partition coefficient (Wildman–Crippen LogP) is 2.20. The van der Waals surface area contributed by atoms with Crippen molar-refractivity contribution in [3.05, 3.63) is 18.2 Å². The van der Waals surface area contributed by atoms with Crippen LogP contribution in [0, 0.1) is 0 Å². The predicted molar refractivity (Wildman–Crippen MR) is 93.1 cm³/mol. The molecule has 1 unspecified atom stereocenters. The summed E-state index contributed by atoms with van der Waals surface area (Å²) in [7, 11) is 1.50. The SMILES string of the molecule is CN=C(NCc1nccn1C(F)F)NC1CCN(CC(F)(F)F)C1.I. The Hall–Kier alpha value is -1.18. The third kappa shape index (κ3) is 6.92. The van der Waals surface area contributed by atoms with Gasteiger partial charge < -0.3 is 10.6 Å². The highest BCUT2D eigenvalue weighted by Gasteiger charge is 2.34. The van der Waals surface area contributed by atoms with Crippen molar-refractivity contribution < 1.29 is 22.0 Å². The molecule has 2 N–H and O–H groups in total. The summed E-state index contributed by atoms with van der Waals surface area (Å²) in [5, 5.41) is 5.84. The summed E-state index contributed by atoms with van der Waals surface area (Å²) in [6, 6.07) is -0.187. The molecule has 6 nitrogen and oxygen atoms in total. The first-order chi connectivity index (χ1) is 11.3. The fourth-order valence-electron chi connectivity index (χ4n) is 2.56. The zero-order valence-electron chi connectivity index (χ0n) is 13.4. The maximum Gasteiger partial charge on any atom is 0.401 e. The summed E-state index contributed by atoms with van der Waals surface area (Å²) in [4.78, 5) is 9.10. The molecule has 144 valence electrons. The van der Waals surface area contributed by atoms with Gasteiger partial charge in [0, 0.05) is 38.6 Å². The van der Waals surface area contributed by atoms with E-state index in [0.717, 1.165) is 4.57 Å². The van der Waals surface area contributed by atoms with Gasteiger partial charge in [-0.15, -0.1) is 24.0 Å². The monoisotopic (exact) mass is 482 g/mol. The molecule has 0 spiro atoms. The first-order valence-corrected chi connectivity index (χ1v) is 7.34. The summed E-state index contributed by atoms with van der Waals surface area (Å²) in [6.07, 6.45) is -1.24. The Bertz CT molecular complexity index is 561. The lowest BCUT2D eigenvalue weighted by atomic mass is 10.3. The second-order valence-corrected chi connectivity index (χ2v) is 5.43. The molecule has 2 heterocycles. The number of aliphatic imine (C=N–C) groups is 1. The number of aromatic nitrogens is 2. The largest absolute Gasteiger partial charge is 0.401 e. The molecule has 1 aromatic heterocycles. The molecule has 1 aromatic rings. The van der Waals surface area contributed by atoms with Gasteiger partial charge in [0.15, 0.2) is 5.96 Å². The van der Waals surface area contributed by atoms with Crippen molar-refractivity contribution in [3.63, 3.8) is 0 Å². The van der Waals surface area contributed by atoms with Gasteiger partial charge in [0.2, 0.25) is 0 Å². The maximum atomic E-state index is 12.7. The number of halogens is 6. The van der Waals surface area contributed by atoms with Crippen LogP contribution in [0.1, 0.15) is 18.8 Å². The fraction of sp³-hybridized carbons (Fsp3) is 0.692. The smallest absolute Gasteiger partial charge is 0.352 e. The molecular formula is C13H20F5IN6. The lowest BCUT2D eigenvalue weighted by Gasteiger charge is -2.19. The Labute approximate surface area is 158 Å². The molecule has 0 bridgehead atoms. The normalized spacial score (nSPS) is 19.2. The van der Waals surface area contributed by atoms with Gasteiger partial charge in [0.05, 0.1) is 13.1 Å². The van der Waals surface area contributed by atoms with Crippen molar-refractivity contribution in [1.29, 1.82) is 0 Å². The molecule has 0 aromatic carbocycles. The van der Waals surface area contributed by atoms with Crippen LogP contribution in [-0.2, 0) is 6.54 Å². The van der Waals surface area contributed by atoms with Crippen LogP contribution < -0.4 is 10.6 Å². The Balaban J connectivity index is 0.00000312. The van der Waals surface area contributed by atoms with Crippen LogP contribution in [0.3, 0.4) is 0 Å². The molecule has 12 heteroatoms. The van der Waals surface area contributed by atoms with Gasteiger partial charge in [0.1, 0.15) is 5.82 Å². The molecule has 1 atom stereocenters. The van der Waals surface area contributed by atoms with E-state index in [9.17, 15) is 22.0 Å². The first-order valence-electron chi connectivity index (χ1n) is 7.34. The number of nitrogens with one attached hydrogen (secondary N) is 2. The minimum atomic E-state index is -4.22. The van der Waals surface area contributed by atoms with Gasteiger partial charge in [-0.3, -0.25) is 14.5 Å². The third-order valence-corrected chi connectivity index (χ3v) is 3.61. The van der Waals surface area contributed by atoms with Gasteiger partial charge >= 0.3 is 12.7 Å². The molecule has 0 aliphatic carbocycles. The summed E-state index contributed by atoms with van der Waals surface area (Å²) in [5.41, 5.74) is 0. The summed E-state index contributed by atoms with van der Waals surface area (Å²) < 4.78 is 63.3. The van der Waals surface area contributed by atoms with Crippen LogP contribution in [0.15, 0.2) is 17.4 Å². The van der Waals surface area contributed by atoms with Crippen molar-refractivity contribution in [2.45, 2.75) is 31.7 Å². The zero-order chi connectivity index (χ0) is 17.7. The Kier molecular flexibility index (Phi) is 8.31. The Morgan fingerprint density at radius 1 is 1.44 bits per heavy atom. The second kappa shape index (κ2) is 9.50. The van der Waals surface area contributed by atoms with Crippen LogP contribution in [0.25, 0.3) is 0 Å². The van der Waals surface area contributed by atoms with E-state index in [1.807, 2.05) is 0 Å². The Morgan fingerprint density at radius 3 is 2.76 bits per heavy atom. The van der Waals surface area contributed by atoms with Crippen LogP contribution >= 0.6 is 24.0 Å². The van der Waals surface area contributed by atoms with E-state index in [4.69, 9.17) is 0 Å². The molecule has 1 aliphatic rings. The lowest BCUT2D eigenvalue weighted by molar-refractivity contribution is -0.143. The first kappa shape index (κ1) is 21.9. The third-order valence-electron chi connectivity index (χ3n) is 3.61. The van der Waals surface area contributed by atoms with E-state index in [-0.39, 0.29) is 48.9 Å². The van der Waals surface area contributed by atoms with E-state index < -0.39 is 19.3 Å². The molecule has 0 amide bonds. The summed E-state index contributed by atoms with van der Waals surface area (Å²) >= 11 is 0. The van der Waals surface area contributed by atoms with Gasteiger partial charge in [0.25, 0.3) is 0 Å². The second-order valence-electron chi connectivity index (χ2n) is 5.43. The van der Waals surface area contributed by atoms with Crippen molar-refractivity contribution in [2.24, 2.45) is 4.99 Å². The highest BCUT2D eigenvalue weighted by atomic mass is 127. The van der Waals surface area contributed by atoms with Crippen molar-refractivity contribution in [3.8, 4) is 0 Å². The average Bonchev–Trinajstić information content (AvgIpc) is 3.10. The number of guanidine groups is 1. The fourth-order valence-corrected chi connectivity index (χ4v) is 2.56. The van der Waals surface area contributed by atoms with Crippen molar-refractivity contribution >= 4 is 29.9 Å². The number of hydrogen-bond donors (Lipinski definition) is 2. The lowest BCUT2D eigenvalue weighted by Crippen LogP contribution is -2.45. The van der Waals surface area contributed by atoms with Crippen LogP contribution in [0.4, 0.5) is 22.0 Å². The molecular weight excluding hydrogens is 462 g/mol. The van der Waals surface area contributed by atoms with Crippen LogP contribution in [-0.4, -0.2) is 59.3 Å². The molecule has 0 saturated carbocycles. The van der Waals surface area contributed by atoms with Crippen LogP contribution in [0.2, 0.25) is 0 Å². The molecule has 0 radical (unpaired) electrons. The van der Waals surface area contributed by atoms with E-state index in [0.29, 0.717) is 18.9 Å². The highest BCUT2D eigenvalue weighted by Crippen LogP contribution is 2.20. The number of imidazole rings is 1. The highest BCUT2D eigenvalue weighted by molar-refractivity contribution is 14.0. The number of alkyl halides is 5.